The minimum atomic E-state index is -1.13. The van der Waals surface area contributed by atoms with E-state index < -0.39 is 11.9 Å². The molecule has 20 heavy (non-hydrogen) atoms. The van der Waals surface area contributed by atoms with Crippen LogP contribution in [0.25, 0.3) is 0 Å². The maximum absolute atomic E-state index is 10.1. The summed E-state index contributed by atoms with van der Waals surface area (Å²) in [4.78, 5) is 20.2. The number of hydrogen-bond donors (Lipinski definition) is 0. The molecule has 0 fully saturated rings. The normalized spacial score (nSPS) is 8.00. The molecular weight excluding hydrogens is 310 g/mol. The Kier molecular flexibility index (Phi) is 15.3. The van der Waals surface area contributed by atoms with Gasteiger partial charge in [-0.15, -0.1) is 0 Å². The fourth-order valence-corrected chi connectivity index (χ4v) is 1.15. The van der Waals surface area contributed by atoms with Gasteiger partial charge in [0.15, 0.2) is 0 Å². The Morgan fingerprint density at radius 2 is 0.850 bits per heavy atom. The first kappa shape index (κ1) is 22.9. The van der Waals surface area contributed by atoms with Gasteiger partial charge in [0.25, 0.3) is 0 Å². The summed E-state index contributed by atoms with van der Waals surface area (Å²) in [5.74, 6) is -2.26. The minimum absolute atomic E-state index is 0. The van der Waals surface area contributed by atoms with Crippen molar-refractivity contribution in [3.63, 3.8) is 0 Å². The molecule has 92 valence electrons. The second kappa shape index (κ2) is 13.3. The number of carboxylic acids is 2. The summed E-state index contributed by atoms with van der Waals surface area (Å²) in [5, 5.41) is 20.2. The van der Waals surface area contributed by atoms with E-state index in [1.54, 1.807) is 36.4 Å². The molecule has 0 spiro atoms. The number of aromatic carboxylic acids is 2. The van der Waals surface area contributed by atoms with Gasteiger partial charge in [-0.05, 0) is 11.1 Å². The number of rotatable bonds is 2. The molecular formula is C14H10K2O4. The van der Waals surface area contributed by atoms with Gasteiger partial charge in [0.1, 0.15) is 0 Å². The summed E-state index contributed by atoms with van der Waals surface area (Å²) in [6.45, 7) is 0. The van der Waals surface area contributed by atoms with E-state index in [9.17, 15) is 19.8 Å². The van der Waals surface area contributed by atoms with Gasteiger partial charge in [-0.3, -0.25) is 0 Å². The maximum atomic E-state index is 10.1. The van der Waals surface area contributed by atoms with Crippen LogP contribution in [-0.2, 0) is 0 Å². The number of carboxylic acid groups (broad SMARTS) is 2. The zero-order valence-corrected chi connectivity index (χ0v) is 17.7. The van der Waals surface area contributed by atoms with Crippen LogP contribution in [0.2, 0.25) is 0 Å². The molecule has 0 N–H and O–H groups in total. The van der Waals surface area contributed by atoms with Crippen LogP contribution in [0, 0.1) is 0 Å². The van der Waals surface area contributed by atoms with Crippen molar-refractivity contribution in [3.05, 3.63) is 71.8 Å². The van der Waals surface area contributed by atoms with Crippen molar-refractivity contribution in [1.29, 1.82) is 0 Å². The predicted molar refractivity (Wildman–Crippen MR) is 61.5 cm³/mol. The van der Waals surface area contributed by atoms with E-state index in [1.807, 2.05) is 0 Å². The van der Waals surface area contributed by atoms with Crippen molar-refractivity contribution in [3.8, 4) is 0 Å². The zero-order chi connectivity index (χ0) is 13.4. The van der Waals surface area contributed by atoms with Crippen LogP contribution < -0.4 is 113 Å². The van der Waals surface area contributed by atoms with E-state index in [4.69, 9.17) is 0 Å². The molecule has 0 atom stereocenters. The summed E-state index contributed by atoms with van der Waals surface area (Å²) < 4.78 is 0. The summed E-state index contributed by atoms with van der Waals surface area (Å²) in [6.07, 6.45) is 0. The van der Waals surface area contributed by atoms with Crippen LogP contribution >= 0.6 is 0 Å². The molecule has 0 unspecified atom stereocenters. The van der Waals surface area contributed by atoms with Crippen LogP contribution in [0.15, 0.2) is 60.7 Å². The third-order valence-corrected chi connectivity index (χ3v) is 2.02. The van der Waals surface area contributed by atoms with E-state index in [1.165, 1.54) is 24.3 Å². The van der Waals surface area contributed by atoms with E-state index in [0.717, 1.165) is 0 Å². The first-order valence-electron chi connectivity index (χ1n) is 5.14. The number of hydrogen-bond acceptors (Lipinski definition) is 4. The third-order valence-electron chi connectivity index (χ3n) is 2.02. The molecule has 2 aromatic carbocycles. The van der Waals surface area contributed by atoms with Crippen molar-refractivity contribution < 1.29 is 123 Å². The Balaban J connectivity index is 0. The first-order chi connectivity index (χ1) is 8.61. The third kappa shape index (κ3) is 9.56. The van der Waals surface area contributed by atoms with Crippen LogP contribution in [0.1, 0.15) is 20.7 Å². The fourth-order valence-electron chi connectivity index (χ4n) is 1.15. The van der Waals surface area contributed by atoms with Crippen molar-refractivity contribution in [1.82, 2.24) is 0 Å². The Hall–Kier alpha value is 0.653. The quantitative estimate of drug-likeness (QED) is 0.516. The Morgan fingerprint density at radius 3 is 1.00 bits per heavy atom. The molecule has 0 aliphatic rings. The second-order valence-electron chi connectivity index (χ2n) is 3.31. The molecule has 0 aliphatic carbocycles. The van der Waals surface area contributed by atoms with Gasteiger partial charge in [-0.1, -0.05) is 60.7 Å². The standard InChI is InChI=1S/2C7H6O2.2K/c2*8-7(9)6-4-2-1-3-5-6;;/h2*1-5H,(H,8,9);;/q;;2*+1/p-2. The Labute approximate surface area is 202 Å². The van der Waals surface area contributed by atoms with Gasteiger partial charge in [0, 0.05) is 0 Å². The topological polar surface area (TPSA) is 80.3 Å². The Morgan fingerprint density at radius 1 is 0.600 bits per heavy atom. The SMILES string of the molecule is O=C([O-])c1ccccc1.O=C([O-])c1ccccc1.[K+].[K+]. The van der Waals surface area contributed by atoms with E-state index in [2.05, 4.69) is 0 Å². The molecule has 4 nitrogen and oxygen atoms in total. The van der Waals surface area contributed by atoms with Gasteiger partial charge in [-0.25, -0.2) is 0 Å². The van der Waals surface area contributed by atoms with E-state index in [-0.39, 0.29) is 114 Å². The van der Waals surface area contributed by atoms with Crippen LogP contribution in [0.3, 0.4) is 0 Å². The predicted octanol–water partition coefficient (Wildman–Crippen LogP) is -5.89. The van der Waals surface area contributed by atoms with Gasteiger partial charge in [0.05, 0.1) is 11.9 Å². The largest absolute Gasteiger partial charge is 1.00 e. The molecule has 2 rings (SSSR count). The van der Waals surface area contributed by atoms with Crippen molar-refractivity contribution in [2.24, 2.45) is 0 Å². The maximum Gasteiger partial charge on any atom is 1.00 e. The molecule has 0 bridgehead atoms. The average molecular weight is 320 g/mol. The second-order valence-corrected chi connectivity index (χ2v) is 3.31. The zero-order valence-electron chi connectivity index (χ0n) is 11.4. The van der Waals surface area contributed by atoms with Gasteiger partial charge in [-0.2, -0.15) is 0 Å². The molecule has 0 heterocycles. The smallest absolute Gasteiger partial charge is 0.545 e. The van der Waals surface area contributed by atoms with Crippen molar-refractivity contribution >= 4 is 11.9 Å². The molecule has 0 amide bonds. The molecule has 6 heteroatoms. The number of carbonyl (C=O) groups is 2. The minimum Gasteiger partial charge on any atom is -0.545 e. The average Bonchev–Trinajstić information content (AvgIpc) is 2.41. The first-order valence-corrected chi connectivity index (χ1v) is 5.14. The van der Waals surface area contributed by atoms with E-state index in [0.29, 0.717) is 0 Å². The van der Waals surface area contributed by atoms with Crippen molar-refractivity contribution in [2.75, 3.05) is 0 Å². The summed E-state index contributed by atoms with van der Waals surface area (Å²) in [7, 11) is 0. The summed E-state index contributed by atoms with van der Waals surface area (Å²) in [6, 6.07) is 16.1. The number of benzene rings is 2. The van der Waals surface area contributed by atoms with Crippen LogP contribution in [0.4, 0.5) is 0 Å². The fraction of sp³-hybridized carbons (Fsp3) is 0. The summed E-state index contributed by atoms with van der Waals surface area (Å²) in [5.41, 5.74) is 0.440. The molecule has 0 aliphatic heterocycles. The van der Waals surface area contributed by atoms with Crippen LogP contribution in [-0.4, -0.2) is 11.9 Å². The van der Waals surface area contributed by atoms with Gasteiger partial charge < -0.3 is 19.8 Å². The molecule has 0 aromatic heterocycles. The summed E-state index contributed by atoms with van der Waals surface area (Å²) >= 11 is 0. The number of carbonyl (C=O) groups excluding carboxylic acids is 2. The monoisotopic (exact) mass is 320 g/mol. The molecule has 0 radical (unpaired) electrons. The molecule has 0 saturated carbocycles. The molecule has 0 saturated heterocycles. The Bertz CT molecular complexity index is 466. The van der Waals surface area contributed by atoms with Gasteiger partial charge >= 0.3 is 103 Å². The molecule has 2 aromatic rings. The van der Waals surface area contributed by atoms with E-state index >= 15 is 0 Å². The van der Waals surface area contributed by atoms with Crippen LogP contribution in [0.5, 0.6) is 0 Å². The van der Waals surface area contributed by atoms with Gasteiger partial charge in [0.2, 0.25) is 0 Å². The van der Waals surface area contributed by atoms with Crippen molar-refractivity contribution in [2.45, 2.75) is 0 Å².